The number of dihydropyridines is 1. The van der Waals surface area contributed by atoms with Gasteiger partial charge in [0.2, 0.25) is 0 Å². The molecule has 3 heterocycles. The van der Waals surface area contributed by atoms with Crippen molar-refractivity contribution in [3.8, 4) is 0 Å². The second kappa shape index (κ2) is 6.10. The lowest BCUT2D eigenvalue weighted by atomic mass is 10.0. The predicted octanol–water partition coefficient (Wildman–Crippen LogP) is 3.31. The van der Waals surface area contributed by atoms with Gasteiger partial charge in [-0.3, -0.25) is 9.56 Å². The number of rotatable bonds is 4. The third-order valence-electron chi connectivity index (χ3n) is 4.10. The number of imidazole rings is 1. The SMILES string of the molecule is OCn1c(SCC2N=CCC3=C2CCS3)nc2ccccc21. The number of hydrogen-bond donors (Lipinski definition) is 1. The Morgan fingerprint density at radius 2 is 2.27 bits per heavy atom. The highest BCUT2D eigenvalue weighted by atomic mass is 32.2. The van der Waals surface area contributed by atoms with Gasteiger partial charge in [-0.05, 0) is 29.0 Å². The van der Waals surface area contributed by atoms with E-state index in [1.807, 2.05) is 40.6 Å². The van der Waals surface area contributed by atoms with Crippen molar-refractivity contribution < 1.29 is 5.11 Å². The molecule has 0 saturated carbocycles. The van der Waals surface area contributed by atoms with Gasteiger partial charge in [0.15, 0.2) is 5.16 Å². The first kappa shape index (κ1) is 14.4. The monoisotopic (exact) mass is 331 g/mol. The van der Waals surface area contributed by atoms with E-state index in [9.17, 15) is 5.11 Å². The lowest BCUT2D eigenvalue weighted by Crippen LogP contribution is -2.16. The van der Waals surface area contributed by atoms with Gasteiger partial charge < -0.3 is 5.11 Å². The molecular formula is C16H17N3OS2. The Kier molecular flexibility index (Phi) is 3.98. The van der Waals surface area contributed by atoms with Gasteiger partial charge in [-0.1, -0.05) is 23.9 Å². The molecule has 0 fully saturated rings. The van der Waals surface area contributed by atoms with Crippen LogP contribution in [0.1, 0.15) is 12.8 Å². The van der Waals surface area contributed by atoms with Crippen LogP contribution in [0.25, 0.3) is 11.0 Å². The zero-order chi connectivity index (χ0) is 14.9. The minimum absolute atomic E-state index is 0.0411. The molecule has 0 amide bonds. The molecule has 6 heteroatoms. The molecule has 1 atom stereocenters. The van der Waals surface area contributed by atoms with Crippen molar-refractivity contribution >= 4 is 40.8 Å². The Labute approximate surface area is 137 Å². The second-order valence-corrected chi connectivity index (χ2v) is 7.54. The molecule has 0 saturated heterocycles. The molecule has 4 nitrogen and oxygen atoms in total. The number of fused-ring (bicyclic) bond motifs is 1. The molecule has 0 aliphatic carbocycles. The summed E-state index contributed by atoms with van der Waals surface area (Å²) < 4.78 is 1.87. The zero-order valence-electron chi connectivity index (χ0n) is 12.1. The molecule has 0 radical (unpaired) electrons. The van der Waals surface area contributed by atoms with E-state index >= 15 is 0 Å². The van der Waals surface area contributed by atoms with Crippen LogP contribution in [0.15, 0.2) is 44.9 Å². The van der Waals surface area contributed by atoms with E-state index in [0.29, 0.717) is 0 Å². The smallest absolute Gasteiger partial charge is 0.171 e. The minimum atomic E-state index is -0.0411. The fourth-order valence-electron chi connectivity index (χ4n) is 3.01. The number of aliphatic hydroxyl groups is 1. The second-order valence-electron chi connectivity index (χ2n) is 5.36. The van der Waals surface area contributed by atoms with Crippen LogP contribution in [0.4, 0.5) is 0 Å². The van der Waals surface area contributed by atoms with E-state index in [1.165, 1.54) is 22.7 Å². The van der Waals surface area contributed by atoms with E-state index in [2.05, 4.69) is 16.2 Å². The van der Waals surface area contributed by atoms with Crippen LogP contribution >= 0.6 is 23.5 Å². The summed E-state index contributed by atoms with van der Waals surface area (Å²) in [6.07, 6.45) is 4.23. The average molecular weight is 331 g/mol. The summed E-state index contributed by atoms with van der Waals surface area (Å²) in [7, 11) is 0. The van der Waals surface area contributed by atoms with Crippen LogP contribution in [0, 0.1) is 0 Å². The number of thioether (sulfide) groups is 2. The summed E-state index contributed by atoms with van der Waals surface area (Å²) in [5, 5.41) is 10.5. The Morgan fingerprint density at radius 1 is 1.36 bits per heavy atom. The summed E-state index contributed by atoms with van der Waals surface area (Å²) >= 11 is 3.67. The molecule has 22 heavy (non-hydrogen) atoms. The molecule has 2 aliphatic rings. The summed E-state index contributed by atoms with van der Waals surface area (Å²) in [6.45, 7) is -0.0411. The maximum atomic E-state index is 9.66. The molecule has 2 aliphatic heterocycles. The number of para-hydroxylation sites is 2. The summed E-state index contributed by atoms with van der Waals surface area (Å²) in [4.78, 5) is 10.9. The molecule has 1 unspecified atom stereocenters. The van der Waals surface area contributed by atoms with Crippen molar-refractivity contribution in [3.63, 3.8) is 0 Å². The number of allylic oxidation sites excluding steroid dienone is 1. The molecule has 1 N–H and O–H groups in total. The Balaban J connectivity index is 1.57. The molecule has 4 rings (SSSR count). The van der Waals surface area contributed by atoms with Crippen LogP contribution in [0.2, 0.25) is 0 Å². The third-order valence-corrected chi connectivity index (χ3v) is 6.34. The Hall–Kier alpha value is -1.24. The highest BCUT2D eigenvalue weighted by Gasteiger charge is 2.25. The van der Waals surface area contributed by atoms with Gasteiger partial charge >= 0.3 is 0 Å². The van der Waals surface area contributed by atoms with Gasteiger partial charge in [-0.25, -0.2) is 4.98 Å². The molecule has 2 aromatic rings. The number of aliphatic imine (C=N–C) groups is 1. The average Bonchev–Trinajstić information content (AvgIpc) is 3.16. The van der Waals surface area contributed by atoms with Crippen molar-refractivity contribution in [1.29, 1.82) is 0 Å². The number of aromatic nitrogens is 2. The highest BCUT2D eigenvalue weighted by molar-refractivity contribution is 8.03. The van der Waals surface area contributed by atoms with Crippen molar-refractivity contribution in [3.05, 3.63) is 34.7 Å². The van der Waals surface area contributed by atoms with Crippen LogP contribution in [0.3, 0.4) is 0 Å². The van der Waals surface area contributed by atoms with Gasteiger partial charge in [0.1, 0.15) is 6.73 Å². The van der Waals surface area contributed by atoms with Crippen LogP contribution in [-0.2, 0) is 6.73 Å². The summed E-state index contributed by atoms with van der Waals surface area (Å²) in [5.74, 6) is 2.09. The van der Waals surface area contributed by atoms with Gasteiger partial charge in [0.05, 0.1) is 17.1 Å². The Morgan fingerprint density at radius 3 is 3.18 bits per heavy atom. The molecule has 0 bridgehead atoms. The largest absolute Gasteiger partial charge is 0.376 e. The van der Waals surface area contributed by atoms with Gasteiger partial charge in [-0.15, -0.1) is 11.8 Å². The zero-order valence-corrected chi connectivity index (χ0v) is 13.7. The number of aliphatic hydroxyl groups excluding tert-OH is 1. The standard InChI is InChI=1S/C16H17N3OS2/c20-10-19-14-4-2-1-3-12(14)18-16(19)22-9-13-11-6-8-21-15(11)5-7-17-13/h1-4,7,13,20H,5-6,8-10H2. The van der Waals surface area contributed by atoms with Crippen LogP contribution < -0.4 is 0 Å². The van der Waals surface area contributed by atoms with Gasteiger partial charge in [0.25, 0.3) is 0 Å². The topological polar surface area (TPSA) is 50.4 Å². The molecular weight excluding hydrogens is 314 g/mol. The van der Waals surface area contributed by atoms with E-state index < -0.39 is 0 Å². The molecule has 114 valence electrons. The maximum absolute atomic E-state index is 9.66. The van der Waals surface area contributed by atoms with Crippen molar-refractivity contribution in [2.45, 2.75) is 30.8 Å². The highest BCUT2D eigenvalue weighted by Crippen LogP contribution is 2.39. The molecule has 1 aromatic carbocycles. The fourth-order valence-corrected chi connectivity index (χ4v) is 5.26. The number of benzene rings is 1. The predicted molar refractivity (Wildman–Crippen MR) is 93.7 cm³/mol. The number of hydrogen-bond acceptors (Lipinski definition) is 5. The van der Waals surface area contributed by atoms with E-state index in [-0.39, 0.29) is 12.8 Å². The normalized spacial score (nSPS) is 20.9. The first-order valence-electron chi connectivity index (χ1n) is 7.42. The van der Waals surface area contributed by atoms with E-state index in [0.717, 1.165) is 28.4 Å². The van der Waals surface area contributed by atoms with Gasteiger partial charge in [0, 0.05) is 24.1 Å². The Bertz CT molecular complexity index is 766. The third kappa shape index (κ3) is 2.49. The number of nitrogens with zero attached hydrogens (tertiary/aromatic N) is 3. The molecule has 1 aromatic heterocycles. The summed E-state index contributed by atoms with van der Waals surface area (Å²) in [6, 6.07) is 8.21. The minimum Gasteiger partial charge on any atom is -0.376 e. The summed E-state index contributed by atoms with van der Waals surface area (Å²) in [5.41, 5.74) is 3.44. The van der Waals surface area contributed by atoms with Crippen molar-refractivity contribution in [2.24, 2.45) is 4.99 Å². The van der Waals surface area contributed by atoms with Crippen LogP contribution in [0.5, 0.6) is 0 Å². The molecule has 0 spiro atoms. The quantitative estimate of drug-likeness (QED) is 0.873. The van der Waals surface area contributed by atoms with E-state index in [4.69, 9.17) is 0 Å². The lowest BCUT2D eigenvalue weighted by molar-refractivity contribution is 0.205. The van der Waals surface area contributed by atoms with Gasteiger partial charge in [-0.2, -0.15) is 0 Å². The maximum Gasteiger partial charge on any atom is 0.171 e. The fraction of sp³-hybridized carbons (Fsp3) is 0.375. The first-order chi connectivity index (χ1) is 10.9. The van der Waals surface area contributed by atoms with Crippen LogP contribution in [-0.4, -0.2) is 38.4 Å². The lowest BCUT2D eigenvalue weighted by Gasteiger charge is -2.18. The first-order valence-corrected chi connectivity index (χ1v) is 9.39. The van der Waals surface area contributed by atoms with E-state index in [1.54, 1.807) is 11.8 Å². The van der Waals surface area contributed by atoms with Crippen molar-refractivity contribution in [2.75, 3.05) is 11.5 Å². The van der Waals surface area contributed by atoms with Crippen molar-refractivity contribution in [1.82, 2.24) is 9.55 Å².